The molecule has 0 atom stereocenters. The zero-order valence-electron chi connectivity index (χ0n) is 14.6. The third-order valence-electron chi connectivity index (χ3n) is 4.22. The van der Waals surface area contributed by atoms with Gasteiger partial charge in [-0.15, -0.1) is 0 Å². The van der Waals surface area contributed by atoms with Crippen molar-refractivity contribution in [1.29, 1.82) is 0 Å². The van der Waals surface area contributed by atoms with E-state index < -0.39 is 5.97 Å². The molecule has 0 amide bonds. The van der Waals surface area contributed by atoms with Gasteiger partial charge in [-0.3, -0.25) is 4.79 Å². The van der Waals surface area contributed by atoms with E-state index in [1.165, 1.54) is 0 Å². The van der Waals surface area contributed by atoms with Gasteiger partial charge in [0.05, 0.1) is 11.1 Å². The lowest BCUT2D eigenvalue weighted by Gasteiger charge is -2.19. The third kappa shape index (κ3) is 3.45. The topological polar surface area (TPSA) is 43.4 Å². The molecule has 0 fully saturated rings. The van der Waals surface area contributed by atoms with Crippen molar-refractivity contribution in [3.63, 3.8) is 0 Å². The number of aldehydes is 1. The Labute approximate surface area is 147 Å². The molecule has 0 aliphatic heterocycles. The second kappa shape index (κ2) is 6.52. The first-order chi connectivity index (χ1) is 11.9. The standard InChI is InChI=1S/C22H20O3/c1-22(2,3)18-12-10-16(11-13-18)21(24)25-20-17(14-23)9-8-15-6-4-5-7-19(15)20/h4-14H,1-3H3. The fourth-order valence-corrected chi connectivity index (χ4v) is 2.72. The van der Waals surface area contributed by atoms with Crippen molar-refractivity contribution in [2.75, 3.05) is 0 Å². The van der Waals surface area contributed by atoms with Crippen LogP contribution in [0.25, 0.3) is 10.8 Å². The summed E-state index contributed by atoms with van der Waals surface area (Å²) < 4.78 is 5.59. The maximum atomic E-state index is 12.5. The van der Waals surface area contributed by atoms with E-state index in [-0.39, 0.29) is 5.41 Å². The largest absolute Gasteiger partial charge is 0.421 e. The first-order valence-corrected chi connectivity index (χ1v) is 8.20. The van der Waals surface area contributed by atoms with Gasteiger partial charge in [-0.1, -0.05) is 63.2 Å². The van der Waals surface area contributed by atoms with Crippen molar-refractivity contribution in [2.45, 2.75) is 26.2 Å². The van der Waals surface area contributed by atoms with Crippen LogP contribution >= 0.6 is 0 Å². The van der Waals surface area contributed by atoms with E-state index in [0.717, 1.165) is 16.3 Å². The van der Waals surface area contributed by atoms with Crippen LogP contribution in [-0.2, 0) is 5.41 Å². The average molecular weight is 332 g/mol. The predicted octanol–water partition coefficient (Wildman–Crippen LogP) is 5.17. The number of carbonyl (C=O) groups excluding carboxylic acids is 2. The molecule has 3 nitrogen and oxygen atoms in total. The van der Waals surface area contributed by atoms with Gasteiger partial charge in [0.15, 0.2) is 6.29 Å². The number of esters is 1. The van der Waals surface area contributed by atoms with E-state index in [1.54, 1.807) is 18.2 Å². The summed E-state index contributed by atoms with van der Waals surface area (Å²) in [5.41, 5.74) is 1.97. The second-order valence-corrected chi connectivity index (χ2v) is 7.04. The van der Waals surface area contributed by atoms with Gasteiger partial charge < -0.3 is 4.74 Å². The highest BCUT2D eigenvalue weighted by molar-refractivity contribution is 6.00. The second-order valence-electron chi connectivity index (χ2n) is 7.04. The Morgan fingerprint density at radius 3 is 2.24 bits per heavy atom. The average Bonchev–Trinajstić information content (AvgIpc) is 2.61. The monoisotopic (exact) mass is 332 g/mol. The molecular formula is C22H20O3. The molecule has 0 N–H and O–H groups in total. The molecule has 25 heavy (non-hydrogen) atoms. The summed E-state index contributed by atoms with van der Waals surface area (Å²) in [5.74, 6) is -0.169. The normalized spacial score (nSPS) is 11.3. The molecule has 0 heterocycles. The molecule has 0 spiro atoms. The first kappa shape index (κ1) is 16.9. The van der Waals surface area contributed by atoms with Crippen molar-refractivity contribution >= 4 is 23.0 Å². The molecule has 3 heteroatoms. The SMILES string of the molecule is CC(C)(C)c1ccc(C(=O)Oc2c(C=O)ccc3ccccc23)cc1. The highest BCUT2D eigenvalue weighted by Crippen LogP contribution is 2.30. The maximum Gasteiger partial charge on any atom is 0.343 e. The molecule has 0 aliphatic rings. The van der Waals surface area contributed by atoms with Gasteiger partial charge in [-0.05, 0) is 34.6 Å². The Bertz CT molecular complexity index is 932. The molecule has 0 aromatic heterocycles. The Morgan fingerprint density at radius 2 is 1.60 bits per heavy atom. The minimum absolute atomic E-state index is 0.0166. The molecule has 3 rings (SSSR count). The van der Waals surface area contributed by atoms with Crippen LogP contribution in [0.15, 0.2) is 60.7 Å². The molecule has 0 radical (unpaired) electrons. The summed E-state index contributed by atoms with van der Waals surface area (Å²) >= 11 is 0. The highest BCUT2D eigenvalue weighted by atomic mass is 16.5. The minimum Gasteiger partial charge on any atom is -0.421 e. The number of hydrogen-bond donors (Lipinski definition) is 0. The Kier molecular flexibility index (Phi) is 4.41. The summed E-state index contributed by atoms with van der Waals surface area (Å²) in [6, 6.07) is 18.4. The maximum absolute atomic E-state index is 12.5. The molecule has 0 unspecified atom stereocenters. The Hall–Kier alpha value is -2.94. The third-order valence-corrected chi connectivity index (χ3v) is 4.22. The van der Waals surface area contributed by atoms with E-state index in [1.807, 2.05) is 42.5 Å². The lowest BCUT2D eigenvalue weighted by molar-refractivity contribution is 0.0736. The lowest BCUT2D eigenvalue weighted by atomic mass is 9.87. The molecule has 0 saturated carbocycles. The van der Waals surface area contributed by atoms with Crippen LogP contribution in [0.2, 0.25) is 0 Å². The number of carbonyl (C=O) groups is 2. The van der Waals surface area contributed by atoms with Gasteiger partial charge in [-0.2, -0.15) is 0 Å². The van der Waals surface area contributed by atoms with Crippen molar-refractivity contribution in [3.8, 4) is 5.75 Å². The summed E-state index contributed by atoms with van der Waals surface area (Å²) in [6.45, 7) is 6.35. The number of ether oxygens (including phenoxy) is 1. The quantitative estimate of drug-likeness (QED) is 0.377. The summed E-state index contributed by atoms with van der Waals surface area (Å²) in [6.07, 6.45) is 0.706. The number of rotatable bonds is 3. The van der Waals surface area contributed by atoms with Crippen molar-refractivity contribution in [2.24, 2.45) is 0 Å². The molecule has 0 aliphatic carbocycles. The molecule has 126 valence electrons. The van der Waals surface area contributed by atoms with Crippen LogP contribution in [0.3, 0.4) is 0 Å². The molecule has 0 bridgehead atoms. The van der Waals surface area contributed by atoms with Gasteiger partial charge >= 0.3 is 5.97 Å². The predicted molar refractivity (Wildman–Crippen MR) is 99.4 cm³/mol. The molecule has 0 saturated heterocycles. The van der Waals surface area contributed by atoms with Crippen LogP contribution < -0.4 is 4.74 Å². The van der Waals surface area contributed by atoms with Gasteiger partial charge in [0.25, 0.3) is 0 Å². The van der Waals surface area contributed by atoms with E-state index in [0.29, 0.717) is 23.2 Å². The van der Waals surface area contributed by atoms with Crippen LogP contribution in [0.1, 0.15) is 47.1 Å². The van der Waals surface area contributed by atoms with Gasteiger partial charge in [0, 0.05) is 5.39 Å². The number of fused-ring (bicyclic) bond motifs is 1. The summed E-state index contributed by atoms with van der Waals surface area (Å²) in [4.78, 5) is 23.9. The van der Waals surface area contributed by atoms with Gasteiger partial charge in [-0.25, -0.2) is 4.79 Å². The highest BCUT2D eigenvalue weighted by Gasteiger charge is 2.17. The molecular weight excluding hydrogens is 312 g/mol. The van der Waals surface area contributed by atoms with E-state index in [9.17, 15) is 9.59 Å². The summed E-state index contributed by atoms with van der Waals surface area (Å²) in [7, 11) is 0. The van der Waals surface area contributed by atoms with E-state index >= 15 is 0 Å². The first-order valence-electron chi connectivity index (χ1n) is 8.20. The fourth-order valence-electron chi connectivity index (χ4n) is 2.72. The molecule has 3 aromatic rings. The smallest absolute Gasteiger partial charge is 0.343 e. The van der Waals surface area contributed by atoms with Gasteiger partial charge in [0.2, 0.25) is 0 Å². The minimum atomic E-state index is -0.472. The Morgan fingerprint density at radius 1 is 0.920 bits per heavy atom. The van der Waals surface area contributed by atoms with Crippen molar-refractivity contribution in [1.82, 2.24) is 0 Å². The number of benzene rings is 3. The zero-order valence-corrected chi connectivity index (χ0v) is 14.6. The van der Waals surface area contributed by atoms with Crippen molar-refractivity contribution < 1.29 is 14.3 Å². The van der Waals surface area contributed by atoms with Crippen molar-refractivity contribution in [3.05, 3.63) is 77.4 Å². The summed E-state index contributed by atoms with van der Waals surface area (Å²) in [5, 5.41) is 1.66. The lowest BCUT2D eigenvalue weighted by Crippen LogP contribution is -2.13. The van der Waals surface area contributed by atoms with E-state index in [4.69, 9.17) is 4.74 Å². The van der Waals surface area contributed by atoms with Crippen LogP contribution in [0.4, 0.5) is 0 Å². The fraction of sp³-hybridized carbons (Fsp3) is 0.182. The van der Waals surface area contributed by atoms with E-state index in [2.05, 4.69) is 20.8 Å². The van der Waals surface area contributed by atoms with Gasteiger partial charge in [0.1, 0.15) is 5.75 Å². The molecule has 3 aromatic carbocycles. The van der Waals surface area contributed by atoms with Crippen LogP contribution in [0.5, 0.6) is 5.75 Å². The van der Waals surface area contributed by atoms with Crippen LogP contribution in [-0.4, -0.2) is 12.3 Å². The Balaban J connectivity index is 1.96. The van der Waals surface area contributed by atoms with Crippen LogP contribution in [0, 0.1) is 0 Å². The zero-order chi connectivity index (χ0) is 18.0. The number of hydrogen-bond acceptors (Lipinski definition) is 3.